The Labute approximate surface area is 149 Å². The molecular weight excluding hydrogens is 314 g/mol. The number of para-hydroxylation sites is 1. The lowest BCUT2D eigenvalue weighted by Crippen LogP contribution is -2.31. The second kappa shape index (κ2) is 7.18. The largest absolute Gasteiger partial charge is 0.492 e. The summed E-state index contributed by atoms with van der Waals surface area (Å²) in [4.78, 5) is 14.5. The van der Waals surface area contributed by atoms with E-state index in [9.17, 15) is 4.79 Å². The fraction of sp³-hybridized carbons (Fsp3) is 0.381. The number of rotatable bonds is 5. The molecule has 0 aliphatic carbocycles. The molecule has 0 saturated heterocycles. The van der Waals surface area contributed by atoms with Crippen molar-refractivity contribution in [3.63, 3.8) is 0 Å². The van der Waals surface area contributed by atoms with Crippen LogP contribution in [0.4, 0.5) is 0 Å². The Kier molecular flexibility index (Phi) is 4.98. The third-order valence-electron chi connectivity index (χ3n) is 4.81. The molecule has 25 heavy (non-hydrogen) atoms. The highest BCUT2D eigenvalue weighted by atomic mass is 16.5. The van der Waals surface area contributed by atoms with E-state index in [1.807, 2.05) is 56.3 Å². The molecule has 2 aromatic carbocycles. The summed E-state index contributed by atoms with van der Waals surface area (Å²) in [5.41, 5.74) is 2.90. The molecule has 1 amide bonds. The third-order valence-corrected chi connectivity index (χ3v) is 4.81. The van der Waals surface area contributed by atoms with Gasteiger partial charge in [-0.05, 0) is 37.6 Å². The molecule has 0 spiro atoms. The summed E-state index contributed by atoms with van der Waals surface area (Å²) in [7, 11) is 1.79. The van der Waals surface area contributed by atoms with Gasteiger partial charge in [0.05, 0.1) is 12.1 Å². The molecule has 0 radical (unpaired) electrons. The van der Waals surface area contributed by atoms with E-state index in [0.29, 0.717) is 24.6 Å². The fourth-order valence-electron chi connectivity index (χ4n) is 3.07. The smallest absolute Gasteiger partial charge is 0.257 e. The lowest BCUT2D eigenvalue weighted by Gasteiger charge is -2.19. The number of carbonyl (C=O) groups is 1. The number of carbonyl (C=O) groups excluding carboxylic acids is 1. The molecule has 2 unspecified atom stereocenters. The second-order valence-corrected chi connectivity index (χ2v) is 6.73. The molecule has 132 valence electrons. The molecule has 2 aromatic rings. The maximum Gasteiger partial charge on any atom is 0.257 e. The molecule has 0 bridgehead atoms. The van der Waals surface area contributed by atoms with Crippen LogP contribution in [0.15, 0.2) is 42.5 Å². The van der Waals surface area contributed by atoms with Crippen LogP contribution >= 0.6 is 0 Å². The molecule has 0 aromatic heterocycles. The number of likely N-dealkylation sites (N-methyl/N-ethyl adjacent to an activating group) is 1. The summed E-state index contributed by atoms with van der Waals surface area (Å²) in [5.74, 6) is 1.83. The molecular formula is C21H25NO3. The van der Waals surface area contributed by atoms with E-state index < -0.39 is 0 Å². The molecule has 1 aliphatic heterocycles. The quantitative estimate of drug-likeness (QED) is 0.825. The highest BCUT2D eigenvalue weighted by molar-refractivity contribution is 5.97. The van der Waals surface area contributed by atoms with E-state index >= 15 is 0 Å². The van der Waals surface area contributed by atoms with Crippen LogP contribution in [0.2, 0.25) is 0 Å². The topological polar surface area (TPSA) is 38.8 Å². The number of nitrogens with zero attached hydrogens (tertiary/aromatic N) is 1. The third kappa shape index (κ3) is 3.63. The van der Waals surface area contributed by atoms with Gasteiger partial charge in [0.25, 0.3) is 5.91 Å². The first-order valence-corrected chi connectivity index (χ1v) is 8.72. The van der Waals surface area contributed by atoms with Crippen LogP contribution < -0.4 is 9.47 Å². The van der Waals surface area contributed by atoms with Crippen LogP contribution in [0.25, 0.3) is 0 Å². The monoisotopic (exact) mass is 339 g/mol. The first-order valence-electron chi connectivity index (χ1n) is 8.72. The van der Waals surface area contributed by atoms with Gasteiger partial charge in [0.1, 0.15) is 24.2 Å². The van der Waals surface area contributed by atoms with Crippen LogP contribution in [0.5, 0.6) is 11.5 Å². The van der Waals surface area contributed by atoms with Crippen LogP contribution in [-0.2, 0) is 0 Å². The van der Waals surface area contributed by atoms with Crippen LogP contribution in [-0.4, -0.2) is 37.1 Å². The maximum atomic E-state index is 12.8. The zero-order valence-electron chi connectivity index (χ0n) is 15.3. The highest BCUT2D eigenvalue weighted by Crippen LogP contribution is 2.40. The van der Waals surface area contributed by atoms with Crippen molar-refractivity contribution in [2.45, 2.75) is 32.8 Å². The summed E-state index contributed by atoms with van der Waals surface area (Å²) in [6.45, 7) is 7.17. The lowest BCUT2D eigenvalue weighted by atomic mass is 9.96. The average Bonchev–Trinajstić information content (AvgIpc) is 2.89. The number of aryl methyl sites for hydroxylation is 1. The SMILES string of the molecule is Cc1cccc(OCCN(C)C(=O)c2cccc3c2OC(C)C3C)c1. The van der Waals surface area contributed by atoms with E-state index in [1.54, 1.807) is 11.9 Å². The van der Waals surface area contributed by atoms with Crippen LogP contribution in [0.1, 0.15) is 41.3 Å². The average molecular weight is 339 g/mol. The van der Waals surface area contributed by atoms with Crippen molar-refractivity contribution in [3.05, 3.63) is 59.2 Å². The Bertz CT molecular complexity index is 771. The van der Waals surface area contributed by atoms with Gasteiger partial charge in [-0.1, -0.05) is 31.2 Å². The van der Waals surface area contributed by atoms with Crippen molar-refractivity contribution in [1.29, 1.82) is 0 Å². The molecule has 3 rings (SSSR count). The van der Waals surface area contributed by atoms with Gasteiger partial charge in [0.2, 0.25) is 0 Å². The summed E-state index contributed by atoms with van der Waals surface area (Å²) >= 11 is 0. The number of ether oxygens (including phenoxy) is 2. The normalized spacial score (nSPS) is 18.4. The molecule has 2 atom stereocenters. The molecule has 1 aliphatic rings. The van der Waals surface area contributed by atoms with Crippen LogP contribution in [0, 0.1) is 6.92 Å². The Hall–Kier alpha value is -2.49. The second-order valence-electron chi connectivity index (χ2n) is 6.73. The fourth-order valence-corrected chi connectivity index (χ4v) is 3.07. The minimum absolute atomic E-state index is 0.0361. The van der Waals surface area contributed by atoms with E-state index in [2.05, 4.69) is 6.92 Å². The number of hydrogen-bond acceptors (Lipinski definition) is 3. The van der Waals surface area contributed by atoms with Gasteiger partial charge < -0.3 is 14.4 Å². The van der Waals surface area contributed by atoms with Crippen molar-refractivity contribution in [3.8, 4) is 11.5 Å². The molecule has 4 heteroatoms. The van der Waals surface area contributed by atoms with Crippen molar-refractivity contribution >= 4 is 5.91 Å². The molecule has 1 heterocycles. The minimum atomic E-state index is -0.0361. The first-order chi connectivity index (χ1) is 12.0. The standard InChI is InChI=1S/C21H25NO3/c1-14-7-5-8-17(13-14)24-12-11-22(4)21(23)19-10-6-9-18-15(2)16(3)25-20(18)19/h5-10,13,15-16H,11-12H2,1-4H3. The van der Waals surface area contributed by atoms with Gasteiger partial charge in [0, 0.05) is 18.5 Å². The summed E-state index contributed by atoms with van der Waals surface area (Å²) < 4.78 is 11.7. The van der Waals surface area contributed by atoms with E-state index in [0.717, 1.165) is 22.6 Å². The molecule has 0 N–H and O–H groups in total. The Morgan fingerprint density at radius 3 is 2.72 bits per heavy atom. The Morgan fingerprint density at radius 2 is 1.96 bits per heavy atom. The summed E-state index contributed by atoms with van der Waals surface area (Å²) in [6, 6.07) is 13.7. The van der Waals surface area contributed by atoms with Crippen molar-refractivity contribution in [2.75, 3.05) is 20.2 Å². The predicted octanol–water partition coefficient (Wildman–Crippen LogP) is 4.03. The van der Waals surface area contributed by atoms with E-state index in [1.165, 1.54) is 0 Å². The maximum absolute atomic E-state index is 12.8. The Balaban J connectivity index is 1.64. The van der Waals surface area contributed by atoms with E-state index in [4.69, 9.17) is 9.47 Å². The lowest BCUT2D eigenvalue weighted by molar-refractivity contribution is 0.0768. The molecule has 4 nitrogen and oxygen atoms in total. The van der Waals surface area contributed by atoms with Gasteiger partial charge in [0.15, 0.2) is 0 Å². The number of fused-ring (bicyclic) bond motifs is 1. The van der Waals surface area contributed by atoms with Gasteiger partial charge in [-0.25, -0.2) is 0 Å². The van der Waals surface area contributed by atoms with Crippen molar-refractivity contribution in [2.24, 2.45) is 0 Å². The van der Waals surface area contributed by atoms with Gasteiger partial charge in [-0.2, -0.15) is 0 Å². The first kappa shape index (κ1) is 17.3. The zero-order valence-corrected chi connectivity index (χ0v) is 15.3. The number of amides is 1. The molecule has 0 saturated carbocycles. The predicted molar refractivity (Wildman–Crippen MR) is 98.6 cm³/mol. The summed E-state index contributed by atoms with van der Waals surface area (Å²) in [5, 5.41) is 0. The zero-order chi connectivity index (χ0) is 18.0. The van der Waals surface area contributed by atoms with Gasteiger partial charge >= 0.3 is 0 Å². The molecule has 0 fully saturated rings. The Morgan fingerprint density at radius 1 is 1.20 bits per heavy atom. The van der Waals surface area contributed by atoms with Gasteiger partial charge in [-0.15, -0.1) is 0 Å². The van der Waals surface area contributed by atoms with Crippen molar-refractivity contribution < 1.29 is 14.3 Å². The van der Waals surface area contributed by atoms with Crippen LogP contribution in [0.3, 0.4) is 0 Å². The number of hydrogen-bond donors (Lipinski definition) is 0. The number of benzene rings is 2. The summed E-state index contributed by atoms with van der Waals surface area (Å²) in [6.07, 6.45) is 0.0962. The highest BCUT2D eigenvalue weighted by Gasteiger charge is 2.31. The van der Waals surface area contributed by atoms with Gasteiger partial charge in [-0.3, -0.25) is 4.79 Å². The minimum Gasteiger partial charge on any atom is -0.492 e. The van der Waals surface area contributed by atoms with Crippen molar-refractivity contribution in [1.82, 2.24) is 4.90 Å². The van der Waals surface area contributed by atoms with E-state index in [-0.39, 0.29) is 12.0 Å².